The predicted molar refractivity (Wildman–Crippen MR) is 48.7 cm³/mol. The van der Waals surface area contributed by atoms with Crippen molar-refractivity contribution in [3.05, 3.63) is 23.8 Å². The molecule has 0 amide bonds. The van der Waals surface area contributed by atoms with E-state index in [0.717, 1.165) is 17.9 Å². The lowest BCUT2D eigenvalue weighted by Crippen LogP contribution is -1.80. The van der Waals surface area contributed by atoms with E-state index in [4.69, 9.17) is 0 Å². The van der Waals surface area contributed by atoms with E-state index >= 15 is 0 Å². The molecule has 1 aliphatic rings. The molecule has 1 aliphatic heterocycles. The van der Waals surface area contributed by atoms with Crippen molar-refractivity contribution in [3.63, 3.8) is 0 Å². The molecule has 0 saturated heterocycles. The standard InChI is InChI=1S/C9H7NOS/c11-6-10-8-2-1-3-9-7(8)4-5-12-9/h1-3H,4-5H2. The Labute approximate surface area is 74.7 Å². The second-order valence-electron chi connectivity index (χ2n) is 2.56. The fraction of sp³-hybridized carbons (Fsp3) is 0.222. The van der Waals surface area contributed by atoms with Gasteiger partial charge in [0.15, 0.2) is 0 Å². The van der Waals surface area contributed by atoms with Gasteiger partial charge in [-0.15, -0.1) is 11.8 Å². The second kappa shape index (κ2) is 3.13. The average Bonchev–Trinajstić information content (AvgIpc) is 2.53. The van der Waals surface area contributed by atoms with Crippen molar-refractivity contribution >= 4 is 23.5 Å². The quantitative estimate of drug-likeness (QED) is 0.486. The third-order valence-corrected chi connectivity index (χ3v) is 2.99. The minimum atomic E-state index is 0.785. The van der Waals surface area contributed by atoms with Crippen LogP contribution in [0.4, 0.5) is 5.69 Å². The minimum absolute atomic E-state index is 0.785. The monoisotopic (exact) mass is 177 g/mol. The van der Waals surface area contributed by atoms with Gasteiger partial charge in [-0.3, -0.25) is 0 Å². The van der Waals surface area contributed by atoms with Gasteiger partial charge < -0.3 is 0 Å². The molecule has 0 fully saturated rings. The van der Waals surface area contributed by atoms with Gasteiger partial charge in [-0.2, -0.15) is 4.99 Å². The number of aliphatic imine (C=N–C) groups is 1. The van der Waals surface area contributed by atoms with Crippen LogP contribution in [-0.2, 0) is 11.2 Å². The van der Waals surface area contributed by atoms with Gasteiger partial charge in [0, 0.05) is 10.6 Å². The van der Waals surface area contributed by atoms with Crippen LogP contribution in [0.5, 0.6) is 0 Å². The molecule has 0 bridgehead atoms. The van der Waals surface area contributed by atoms with Gasteiger partial charge in [0.25, 0.3) is 0 Å². The Morgan fingerprint density at radius 2 is 2.42 bits per heavy atom. The summed E-state index contributed by atoms with van der Waals surface area (Å²) in [7, 11) is 0. The fourth-order valence-corrected chi connectivity index (χ4v) is 2.44. The molecule has 3 heteroatoms. The van der Waals surface area contributed by atoms with Gasteiger partial charge in [0.1, 0.15) is 0 Å². The zero-order chi connectivity index (χ0) is 8.39. The summed E-state index contributed by atoms with van der Waals surface area (Å²) < 4.78 is 0. The molecular formula is C9H7NOS. The molecule has 1 aromatic rings. The van der Waals surface area contributed by atoms with Crippen LogP contribution in [0.15, 0.2) is 28.1 Å². The molecule has 0 saturated carbocycles. The lowest BCUT2D eigenvalue weighted by atomic mass is 10.1. The first-order chi connectivity index (χ1) is 5.92. The van der Waals surface area contributed by atoms with Crippen molar-refractivity contribution in [1.29, 1.82) is 0 Å². The molecule has 0 N–H and O–H groups in total. The molecule has 1 heterocycles. The maximum absolute atomic E-state index is 10.1. The highest BCUT2D eigenvalue weighted by Crippen LogP contribution is 2.36. The maximum atomic E-state index is 10.1. The van der Waals surface area contributed by atoms with Gasteiger partial charge in [-0.05, 0) is 24.1 Å². The van der Waals surface area contributed by atoms with E-state index in [0.29, 0.717) is 0 Å². The van der Waals surface area contributed by atoms with Gasteiger partial charge in [-0.1, -0.05) is 6.07 Å². The predicted octanol–water partition coefficient (Wildman–Crippen LogP) is 2.30. The lowest BCUT2D eigenvalue weighted by molar-refractivity contribution is 0.565. The van der Waals surface area contributed by atoms with Gasteiger partial charge in [-0.25, -0.2) is 4.79 Å². The van der Waals surface area contributed by atoms with E-state index in [1.807, 2.05) is 23.9 Å². The zero-order valence-electron chi connectivity index (χ0n) is 6.41. The first-order valence-electron chi connectivity index (χ1n) is 3.74. The molecule has 2 nitrogen and oxygen atoms in total. The number of nitrogens with zero attached hydrogens (tertiary/aromatic N) is 1. The topological polar surface area (TPSA) is 29.4 Å². The van der Waals surface area contributed by atoms with E-state index < -0.39 is 0 Å². The van der Waals surface area contributed by atoms with Crippen LogP contribution in [-0.4, -0.2) is 11.8 Å². The second-order valence-corrected chi connectivity index (χ2v) is 3.69. The summed E-state index contributed by atoms with van der Waals surface area (Å²) >= 11 is 1.82. The first-order valence-corrected chi connectivity index (χ1v) is 4.73. The van der Waals surface area contributed by atoms with Gasteiger partial charge >= 0.3 is 0 Å². The molecular weight excluding hydrogens is 170 g/mol. The number of isocyanates is 1. The molecule has 0 unspecified atom stereocenters. The van der Waals surface area contributed by atoms with E-state index in [2.05, 4.69) is 11.1 Å². The van der Waals surface area contributed by atoms with Crippen LogP contribution < -0.4 is 0 Å². The molecule has 0 aromatic heterocycles. The summed E-state index contributed by atoms with van der Waals surface area (Å²) in [5.41, 5.74) is 1.98. The van der Waals surface area contributed by atoms with Crippen molar-refractivity contribution in [2.45, 2.75) is 11.3 Å². The summed E-state index contributed by atoms with van der Waals surface area (Å²) in [4.78, 5) is 15.0. The average molecular weight is 177 g/mol. The third kappa shape index (κ3) is 1.17. The molecule has 1 aromatic carbocycles. The summed E-state index contributed by atoms with van der Waals surface area (Å²) in [6, 6.07) is 5.85. The van der Waals surface area contributed by atoms with E-state index in [-0.39, 0.29) is 0 Å². The molecule has 0 radical (unpaired) electrons. The van der Waals surface area contributed by atoms with Crippen LogP contribution in [0.1, 0.15) is 5.56 Å². The Hall–Kier alpha value is -1.05. The lowest BCUT2D eigenvalue weighted by Gasteiger charge is -1.98. The normalized spacial score (nSPS) is 13.7. The van der Waals surface area contributed by atoms with Gasteiger partial charge in [0.05, 0.1) is 5.69 Å². The molecule has 2 rings (SSSR count). The number of carbonyl (C=O) groups excluding carboxylic acids is 1. The number of hydrogen-bond acceptors (Lipinski definition) is 3. The molecule has 0 aliphatic carbocycles. The zero-order valence-corrected chi connectivity index (χ0v) is 7.23. The van der Waals surface area contributed by atoms with E-state index in [1.165, 1.54) is 10.5 Å². The van der Waals surface area contributed by atoms with Gasteiger partial charge in [0.2, 0.25) is 6.08 Å². The van der Waals surface area contributed by atoms with Crippen LogP contribution in [0.3, 0.4) is 0 Å². The molecule has 12 heavy (non-hydrogen) atoms. The van der Waals surface area contributed by atoms with Crippen LogP contribution in [0.25, 0.3) is 0 Å². The smallest absolute Gasteiger partial charge is 0.211 e. The van der Waals surface area contributed by atoms with Crippen molar-refractivity contribution in [3.8, 4) is 0 Å². The Kier molecular flexibility index (Phi) is 1.98. The summed E-state index contributed by atoms with van der Waals surface area (Å²) in [5, 5.41) is 0. The van der Waals surface area contributed by atoms with Crippen LogP contribution in [0.2, 0.25) is 0 Å². The largest absolute Gasteiger partial charge is 0.240 e. The van der Waals surface area contributed by atoms with Crippen molar-refractivity contribution in [2.75, 3.05) is 5.75 Å². The highest BCUT2D eigenvalue weighted by atomic mass is 32.2. The first kappa shape index (κ1) is 7.59. The summed E-state index contributed by atoms with van der Waals surface area (Å²) in [5.74, 6) is 1.10. The number of fused-ring (bicyclic) bond motifs is 1. The molecule has 0 spiro atoms. The van der Waals surface area contributed by atoms with Crippen LogP contribution in [0, 0.1) is 0 Å². The van der Waals surface area contributed by atoms with Crippen LogP contribution >= 0.6 is 11.8 Å². The van der Waals surface area contributed by atoms with Crippen molar-refractivity contribution in [1.82, 2.24) is 0 Å². The summed E-state index contributed by atoms with van der Waals surface area (Å²) in [6.45, 7) is 0. The fourth-order valence-electron chi connectivity index (χ4n) is 1.36. The number of benzene rings is 1. The maximum Gasteiger partial charge on any atom is 0.240 e. The number of rotatable bonds is 1. The van der Waals surface area contributed by atoms with Crippen molar-refractivity contribution in [2.24, 2.45) is 4.99 Å². The Morgan fingerprint density at radius 1 is 1.50 bits per heavy atom. The highest BCUT2D eigenvalue weighted by molar-refractivity contribution is 7.99. The Balaban J connectivity index is 2.56. The Morgan fingerprint density at radius 3 is 3.25 bits per heavy atom. The molecule has 0 atom stereocenters. The summed E-state index contributed by atoms with van der Waals surface area (Å²) in [6.07, 6.45) is 2.59. The van der Waals surface area contributed by atoms with Crippen molar-refractivity contribution < 1.29 is 4.79 Å². The number of hydrogen-bond donors (Lipinski definition) is 0. The highest BCUT2D eigenvalue weighted by Gasteiger charge is 2.13. The SMILES string of the molecule is O=C=Nc1cccc2c1CCS2. The van der Waals surface area contributed by atoms with E-state index in [1.54, 1.807) is 6.08 Å². The number of thioether (sulfide) groups is 1. The Bertz CT molecular complexity index is 356. The van der Waals surface area contributed by atoms with E-state index in [9.17, 15) is 4.79 Å². The third-order valence-electron chi connectivity index (χ3n) is 1.88. The minimum Gasteiger partial charge on any atom is -0.211 e. The molecule has 60 valence electrons.